The van der Waals surface area contributed by atoms with Crippen LogP contribution >= 0.6 is 7.82 Å². The van der Waals surface area contributed by atoms with Gasteiger partial charge < -0.3 is 24.6 Å². The summed E-state index contributed by atoms with van der Waals surface area (Å²) in [5.41, 5.74) is 0. The van der Waals surface area contributed by atoms with Crippen LogP contribution in [0.4, 0.5) is 0 Å². The third-order valence-electron chi connectivity index (χ3n) is 4.51. The lowest BCUT2D eigenvalue weighted by Crippen LogP contribution is -2.29. The van der Waals surface area contributed by atoms with Gasteiger partial charge in [-0.05, 0) is 12.8 Å². The van der Waals surface area contributed by atoms with Gasteiger partial charge in [-0.25, -0.2) is 4.57 Å². The molecule has 0 aromatic heterocycles. The second-order valence-electron chi connectivity index (χ2n) is 7.67. The van der Waals surface area contributed by atoms with Crippen LogP contribution in [0, 0.1) is 0 Å². The molecular formula is C21H41O10P. The standard InChI is InChI=1S/C21H41O10P/c1-3-5-7-9-11-12-20(24)28-16-19(31-21(25)13-10-8-6-4-2)17-30-32(26,27)29-15-18(23)14-22/h18-19,22-23H,3-17H2,1-2H3,(H,26,27)/t18-,19+/m0/s1. The highest BCUT2D eigenvalue weighted by molar-refractivity contribution is 7.47. The first kappa shape index (κ1) is 31.0. The molecule has 0 spiro atoms. The highest BCUT2D eigenvalue weighted by atomic mass is 31.2. The van der Waals surface area contributed by atoms with E-state index in [2.05, 4.69) is 18.4 Å². The summed E-state index contributed by atoms with van der Waals surface area (Å²) in [6.45, 7) is 2.05. The first-order valence-corrected chi connectivity index (χ1v) is 13.0. The number of esters is 2. The molecule has 190 valence electrons. The Morgan fingerprint density at radius 1 is 0.812 bits per heavy atom. The molecule has 1 unspecified atom stereocenters. The van der Waals surface area contributed by atoms with Crippen LogP contribution in [0.1, 0.15) is 84.5 Å². The summed E-state index contributed by atoms with van der Waals surface area (Å²) in [4.78, 5) is 33.7. The molecule has 3 atom stereocenters. The van der Waals surface area contributed by atoms with Gasteiger partial charge in [-0.2, -0.15) is 0 Å². The summed E-state index contributed by atoms with van der Waals surface area (Å²) in [5, 5.41) is 17.9. The molecule has 32 heavy (non-hydrogen) atoms. The third-order valence-corrected chi connectivity index (χ3v) is 5.46. The normalized spacial score (nSPS) is 15.0. The van der Waals surface area contributed by atoms with Crippen LogP contribution in [0.2, 0.25) is 0 Å². The maximum Gasteiger partial charge on any atom is 0.472 e. The number of carbonyl (C=O) groups excluding carboxylic acids is 2. The summed E-state index contributed by atoms with van der Waals surface area (Å²) >= 11 is 0. The Hall–Kier alpha value is -1.03. The smallest absolute Gasteiger partial charge is 0.462 e. The van der Waals surface area contributed by atoms with Gasteiger partial charge in [0.25, 0.3) is 0 Å². The largest absolute Gasteiger partial charge is 0.472 e. The lowest BCUT2D eigenvalue weighted by molar-refractivity contribution is -0.161. The SMILES string of the molecule is CCCCCCCC(=O)OC[C@H](COP(=O)(O)OC[C@@H](O)CO)OC(=O)CCCCCC. The number of aliphatic hydroxyl groups excluding tert-OH is 2. The van der Waals surface area contributed by atoms with E-state index in [1.54, 1.807) is 0 Å². The molecule has 0 radical (unpaired) electrons. The first-order chi connectivity index (χ1) is 15.2. The van der Waals surface area contributed by atoms with Crippen molar-refractivity contribution in [1.82, 2.24) is 0 Å². The molecule has 3 N–H and O–H groups in total. The number of aliphatic hydroxyl groups is 2. The molecule has 0 saturated heterocycles. The molecule has 0 aromatic rings. The van der Waals surface area contributed by atoms with Crippen molar-refractivity contribution >= 4 is 19.8 Å². The van der Waals surface area contributed by atoms with E-state index in [4.69, 9.17) is 19.1 Å². The summed E-state index contributed by atoms with van der Waals surface area (Å²) in [7, 11) is -4.57. The quantitative estimate of drug-likeness (QED) is 0.126. The van der Waals surface area contributed by atoms with Gasteiger partial charge in [0.05, 0.1) is 19.8 Å². The number of ether oxygens (including phenoxy) is 2. The van der Waals surface area contributed by atoms with Crippen molar-refractivity contribution < 1.29 is 47.8 Å². The number of hydrogen-bond acceptors (Lipinski definition) is 9. The Labute approximate surface area is 191 Å². The predicted octanol–water partition coefficient (Wildman–Crippen LogP) is 3.26. The minimum Gasteiger partial charge on any atom is -0.462 e. The van der Waals surface area contributed by atoms with Crippen LogP contribution in [-0.2, 0) is 32.7 Å². The molecule has 0 aliphatic rings. The maximum absolute atomic E-state index is 12.1. The number of phosphoric acid groups is 1. The van der Waals surface area contributed by atoms with Gasteiger partial charge in [0.15, 0.2) is 6.10 Å². The highest BCUT2D eigenvalue weighted by Gasteiger charge is 2.27. The van der Waals surface area contributed by atoms with E-state index in [0.717, 1.165) is 44.9 Å². The van der Waals surface area contributed by atoms with Crippen LogP contribution in [0.3, 0.4) is 0 Å². The van der Waals surface area contributed by atoms with E-state index in [1.807, 2.05) is 0 Å². The molecule has 0 aromatic carbocycles. The number of carbonyl (C=O) groups is 2. The van der Waals surface area contributed by atoms with Crippen LogP contribution in [0.25, 0.3) is 0 Å². The van der Waals surface area contributed by atoms with Crippen molar-refractivity contribution in [3.05, 3.63) is 0 Å². The monoisotopic (exact) mass is 484 g/mol. The Bertz CT molecular complexity index is 543. The molecule has 10 nitrogen and oxygen atoms in total. The Kier molecular flexibility index (Phi) is 18.8. The summed E-state index contributed by atoms with van der Waals surface area (Å²) in [6.07, 6.45) is 6.44. The Balaban J connectivity index is 4.59. The molecule has 0 saturated carbocycles. The van der Waals surface area contributed by atoms with E-state index in [9.17, 15) is 24.2 Å². The number of rotatable bonds is 21. The van der Waals surface area contributed by atoms with Crippen molar-refractivity contribution in [2.75, 3.05) is 26.4 Å². The fourth-order valence-electron chi connectivity index (χ4n) is 2.64. The van der Waals surface area contributed by atoms with E-state index in [-0.39, 0.29) is 19.4 Å². The Morgan fingerprint density at radius 2 is 1.34 bits per heavy atom. The van der Waals surface area contributed by atoms with Crippen molar-refractivity contribution in [2.24, 2.45) is 0 Å². The molecule has 11 heteroatoms. The van der Waals surface area contributed by atoms with Crippen molar-refractivity contribution in [3.8, 4) is 0 Å². The van der Waals surface area contributed by atoms with Crippen LogP contribution in [0.5, 0.6) is 0 Å². The second kappa shape index (κ2) is 19.4. The molecular weight excluding hydrogens is 443 g/mol. The minimum absolute atomic E-state index is 0.178. The van der Waals surface area contributed by atoms with Crippen LogP contribution < -0.4 is 0 Å². The summed E-state index contributed by atoms with van der Waals surface area (Å²) in [5.74, 6) is -0.963. The Morgan fingerprint density at radius 3 is 1.94 bits per heavy atom. The van der Waals surface area contributed by atoms with Gasteiger partial charge >= 0.3 is 19.8 Å². The van der Waals surface area contributed by atoms with Crippen LogP contribution in [0.15, 0.2) is 0 Å². The first-order valence-electron chi connectivity index (χ1n) is 11.5. The van der Waals surface area contributed by atoms with Gasteiger partial charge in [0, 0.05) is 12.8 Å². The lowest BCUT2D eigenvalue weighted by atomic mass is 10.1. The molecule has 0 bridgehead atoms. The average molecular weight is 485 g/mol. The van der Waals surface area contributed by atoms with E-state index >= 15 is 0 Å². The zero-order chi connectivity index (χ0) is 24.2. The zero-order valence-electron chi connectivity index (χ0n) is 19.4. The summed E-state index contributed by atoms with van der Waals surface area (Å²) in [6, 6.07) is 0. The molecule has 0 rings (SSSR count). The van der Waals surface area contributed by atoms with Crippen molar-refractivity contribution in [3.63, 3.8) is 0 Å². The molecule has 0 fully saturated rings. The van der Waals surface area contributed by atoms with Gasteiger partial charge in [-0.3, -0.25) is 18.6 Å². The highest BCUT2D eigenvalue weighted by Crippen LogP contribution is 2.43. The number of hydrogen-bond donors (Lipinski definition) is 3. The fraction of sp³-hybridized carbons (Fsp3) is 0.905. The van der Waals surface area contributed by atoms with Gasteiger partial charge in [-0.1, -0.05) is 58.8 Å². The predicted molar refractivity (Wildman–Crippen MR) is 118 cm³/mol. The average Bonchev–Trinajstić information content (AvgIpc) is 2.76. The zero-order valence-corrected chi connectivity index (χ0v) is 20.3. The van der Waals surface area contributed by atoms with Crippen LogP contribution in [-0.4, -0.2) is 65.7 Å². The molecule has 0 heterocycles. The lowest BCUT2D eigenvalue weighted by Gasteiger charge is -2.20. The third kappa shape index (κ3) is 18.5. The summed E-state index contributed by atoms with van der Waals surface area (Å²) < 4.78 is 31.7. The van der Waals surface area contributed by atoms with E-state index in [1.165, 1.54) is 0 Å². The number of phosphoric ester groups is 1. The van der Waals surface area contributed by atoms with Gasteiger partial charge in [0.1, 0.15) is 12.7 Å². The van der Waals surface area contributed by atoms with Gasteiger partial charge in [-0.15, -0.1) is 0 Å². The molecule has 0 aliphatic heterocycles. The molecule has 0 amide bonds. The van der Waals surface area contributed by atoms with E-state index in [0.29, 0.717) is 12.8 Å². The fourth-order valence-corrected chi connectivity index (χ4v) is 3.43. The number of unbranched alkanes of at least 4 members (excludes halogenated alkanes) is 7. The minimum atomic E-state index is -4.57. The topological polar surface area (TPSA) is 149 Å². The van der Waals surface area contributed by atoms with E-state index < -0.39 is 51.8 Å². The molecule has 0 aliphatic carbocycles. The van der Waals surface area contributed by atoms with Crippen molar-refractivity contribution in [2.45, 2.75) is 96.7 Å². The van der Waals surface area contributed by atoms with Crippen molar-refractivity contribution in [1.29, 1.82) is 0 Å². The maximum atomic E-state index is 12.1. The van der Waals surface area contributed by atoms with Gasteiger partial charge in [0.2, 0.25) is 0 Å². The second-order valence-corrected chi connectivity index (χ2v) is 9.12.